The Morgan fingerprint density at radius 3 is 2.40 bits per heavy atom. The fourth-order valence-corrected chi connectivity index (χ4v) is 2.98. The largest absolute Gasteiger partial charge is 0.323 e. The number of nitrogens with zero attached hydrogens (tertiary/aromatic N) is 2. The molecule has 1 aromatic heterocycles. The van der Waals surface area contributed by atoms with Gasteiger partial charge in [-0.2, -0.15) is 5.10 Å². The van der Waals surface area contributed by atoms with E-state index in [-0.39, 0.29) is 5.69 Å². The first-order chi connectivity index (χ1) is 11.9. The predicted molar refractivity (Wildman–Crippen MR) is 95.3 cm³/mol. The first-order valence-electron chi connectivity index (χ1n) is 7.24. The summed E-state index contributed by atoms with van der Waals surface area (Å²) in [4.78, 5) is 12.0. The van der Waals surface area contributed by atoms with Crippen molar-refractivity contribution in [2.45, 2.75) is 0 Å². The van der Waals surface area contributed by atoms with Gasteiger partial charge in [0, 0.05) is 30.1 Å². The SMILES string of the molecule is Cn1ncc(Br)c1-c1cccc(NC(=O)Nc2cc(F)cc(F)c2)c1. The average Bonchev–Trinajstić information content (AvgIpc) is 2.85. The molecular formula is C17H13BrF2N4O. The van der Waals surface area contributed by atoms with Gasteiger partial charge in [-0.15, -0.1) is 0 Å². The first kappa shape index (κ1) is 17.1. The number of urea groups is 1. The number of halogens is 3. The molecule has 0 saturated carbocycles. The molecule has 25 heavy (non-hydrogen) atoms. The standard InChI is InChI=1S/C17H13BrF2N4O/c1-24-16(15(18)9-21-24)10-3-2-4-13(5-10)22-17(25)23-14-7-11(19)6-12(20)8-14/h2-9H,1H3,(H2,22,23,25). The van der Waals surface area contributed by atoms with Crippen LogP contribution in [-0.2, 0) is 7.05 Å². The number of carbonyl (C=O) groups is 1. The number of carbonyl (C=O) groups excluding carboxylic acids is 1. The van der Waals surface area contributed by atoms with Gasteiger partial charge in [-0.25, -0.2) is 13.6 Å². The summed E-state index contributed by atoms with van der Waals surface area (Å²) >= 11 is 3.43. The summed E-state index contributed by atoms with van der Waals surface area (Å²) < 4.78 is 28.9. The second kappa shape index (κ2) is 7.02. The van der Waals surface area contributed by atoms with E-state index in [1.165, 1.54) is 0 Å². The number of amides is 2. The van der Waals surface area contributed by atoms with E-state index in [1.54, 1.807) is 29.1 Å². The summed E-state index contributed by atoms with van der Waals surface area (Å²) in [7, 11) is 1.81. The van der Waals surface area contributed by atoms with Crippen LogP contribution >= 0.6 is 15.9 Å². The van der Waals surface area contributed by atoms with Crippen molar-refractivity contribution in [2.75, 3.05) is 10.6 Å². The van der Waals surface area contributed by atoms with Crippen LogP contribution in [0.5, 0.6) is 0 Å². The third-order valence-corrected chi connectivity index (χ3v) is 3.99. The van der Waals surface area contributed by atoms with Gasteiger partial charge in [0.1, 0.15) is 11.6 Å². The van der Waals surface area contributed by atoms with E-state index in [9.17, 15) is 13.6 Å². The third-order valence-electron chi connectivity index (χ3n) is 3.41. The maximum absolute atomic E-state index is 13.2. The summed E-state index contributed by atoms with van der Waals surface area (Å²) in [5, 5.41) is 9.18. The number of anilines is 2. The van der Waals surface area contributed by atoms with Crippen LogP contribution in [0.15, 0.2) is 53.1 Å². The highest BCUT2D eigenvalue weighted by atomic mass is 79.9. The van der Waals surface area contributed by atoms with Crippen LogP contribution in [0, 0.1) is 11.6 Å². The van der Waals surface area contributed by atoms with E-state index in [0.717, 1.165) is 33.9 Å². The Balaban J connectivity index is 1.77. The highest BCUT2D eigenvalue weighted by Gasteiger charge is 2.11. The predicted octanol–water partition coefficient (Wildman–Crippen LogP) is 4.77. The quantitative estimate of drug-likeness (QED) is 0.657. The number of benzene rings is 2. The van der Waals surface area contributed by atoms with Crippen molar-refractivity contribution in [3.8, 4) is 11.3 Å². The molecule has 2 N–H and O–H groups in total. The average molecular weight is 407 g/mol. The van der Waals surface area contributed by atoms with Crippen LogP contribution in [0.3, 0.4) is 0 Å². The second-order valence-corrected chi connectivity index (χ2v) is 6.14. The van der Waals surface area contributed by atoms with Gasteiger partial charge in [-0.1, -0.05) is 12.1 Å². The minimum atomic E-state index is -0.765. The van der Waals surface area contributed by atoms with Gasteiger partial charge in [0.2, 0.25) is 0 Å². The number of rotatable bonds is 3. The molecule has 0 aliphatic rings. The molecule has 0 aliphatic carbocycles. The Morgan fingerprint density at radius 2 is 1.76 bits per heavy atom. The van der Waals surface area contributed by atoms with Gasteiger partial charge in [0.05, 0.1) is 16.4 Å². The Morgan fingerprint density at radius 1 is 1.08 bits per heavy atom. The molecule has 128 valence electrons. The molecule has 3 aromatic rings. The van der Waals surface area contributed by atoms with Gasteiger partial charge < -0.3 is 10.6 Å². The van der Waals surface area contributed by atoms with E-state index in [1.807, 2.05) is 13.1 Å². The highest BCUT2D eigenvalue weighted by molar-refractivity contribution is 9.10. The third kappa shape index (κ3) is 4.03. The van der Waals surface area contributed by atoms with E-state index in [4.69, 9.17) is 0 Å². The van der Waals surface area contributed by atoms with Crippen molar-refractivity contribution in [3.05, 3.63) is 64.8 Å². The fraction of sp³-hybridized carbons (Fsp3) is 0.0588. The van der Waals surface area contributed by atoms with Crippen LogP contribution in [0.1, 0.15) is 0 Å². The topological polar surface area (TPSA) is 59.0 Å². The number of aryl methyl sites for hydroxylation is 1. The number of aromatic nitrogens is 2. The Bertz CT molecular complexity index is 902. The minimum Gasteiger partial charge on any atom is -0.308 e. The number of hydrogen-bond donors (Lipinski definition) is 2. The van der Waals surface area contributed by atoms with Gasteiger partial charge in [-0.3, -0.25) is 4.68 Å². The van der Waals surface area contributed by atoms with Crippen molar-refractivity contribution in [3.63, 3.8) is 0 Å². The zero-order valence-corrected chi connectivity index (χ0v) is 14.6. The number of hydrogen-bond acceptors (Lipinski definition) is 2. The molecule has 0 spiro atoms. The molecule has 0 radical (unpaired) electrons. The van der Waals surface area contributed by atoms with Gasteiger partial charge in [0.15, 0.2) is 0 Å². The zero-order chi connectivity index (χ0) is 18.0. The molecule has 0 saturated heterocycles. The molecule has 0 fully saturated rings. The monoisotopic (exact) mass is 406 g/mol. The Kier molecular flexibility index (Phi) is 4.80. The molecule has 2 amide bonds. The summed E-state index contributed by atoms with van der Waals surface area (Å²) in [6.07, 6.45) is 1.68. The minimum absolute atomic E-state index is 0.0283. The zero-order valence-electron chi connectivity index (χ0n) is 13.1. The van der Waals surface area contributed by atoms with Gasteiger partial charge in [-0.05, 0) is 40.2 Å². The molecule has 0 aliphatic heterocycles. The molecule has 5 nitrogen and oxygen atoms in total. The summed E-state index contributed by atoms with van der Waals surface area (Å²) in [6.45, 7) is 0. The maximum atomic E-state index is 13.2. The lowest BCUT2D eigenvalue weighted by atomic mass is 10.1. The number of nitrogens with one attached hydrogen (secondary N) is 2. The van der Waals surface area contributed by atoms with E-state index >= 15 is 0 Å². The lowest BCUT2D eigenvalue weighted by Gasteiger charge is -2.10. The van der Waals surface area contributed by atoms with Crippen molar-refractivity contribution >= 4 is 33.3 Å². The lowest BCUT2D eigenvalue weighted by molar-refractivity contribution is 0.262. The Labute approximate surface area is 150 Å². The Hall–Kier alpha value is -2.74. The van der Waals surface area contributed by atoms with Crippen LogP contribution < -0.4 is 10.6 Å². The summed E-state index contributed by atoms with van der Waals surface area (Å²) in [5.41, 5.74) is 2.26. The second-order valence-electron chi connectivity index (χ2n) is 5.28. The highest BCUT2D eigenvalue weighted by Crippen LogP contribution is 2.29. The summed E-state index contributed by atoms with van der Waals surface area (Å²) in [6, 6.07) is 9.34. The fourth-order valence-electron chi connectivity index (χ4n) is 2.40. The molecule has 0 bridgehead atoms. The molecular weight excluding hydrogens is 394 g/mol. The van der Waals surface area contributed by atoms with Crippen molar-refractivity contribution < 1.29 is 13.6 Å². The lowest BCUT2D eigenvalue weighted by Crippen LogP contribution is -2.19. The first-order valence-corrected chi connectivity index (χ1v) is 8.04. The van der Waals surface area contributed by atoms with Crippen LogP contribution in [0.2, 0.25) is 0 Å². The molecule has 0 unspecified atom stereocenters. The van der Waals surface area contributed by atoms with Gasteiger partial charge >= 0.3 is 6.03 Å². The summed E-state index contributed by atoms with van der Waals surface area (Å²) in [5.74, 6) is -1.53. The van der Waals surface area contributed by atoms with Crippen LogP contribution in [0.4, 0.5) is 25.0 Å². The van der Waals surface area contributed by atoms with Gasteiger partial charge in [0.25, 0.3) is 0 Å². The van der Waals surface area contributed by atoms with E-state index < -0.39 is 17.7 Å². The van der Waals surface area contributed by atoms with Crippen LogP contribution in [-0.4, -0.2) is 15.8 Å². The molecule has 1 heterocycles. The molecule has 8 heteroatoms. The molecule has 2 aromatic carbocycles. The van der Waals surface area contributed by atoms with E-state index in [2.05, 4.69) is 31.7 Å². The van der Waals surface area contributed by atoms with Crippen molar-refractivity contribution in [1.82, 2.24) is 9.78 Å². The molecule has 0 atom stereocenters. The van der Waals surface area contributed by atoms with Crippen LogP contribution in [0.25, 0.3) is 11.3 Å². The smallest absolute Gasteiger partial charge is 0.308 e. The molecule has 3 rings (SSSR count). The van der Waals surface area contributed by atoms with E-state index in [0.29, 0.717) is 5.69 Å². The van der Waals surface area contributed by atoms with Crippen molar-refractivity contribution in [1.29, 1.82) is 0 Å². The maximum Gasteiger partial charge on any atom is 0.323 e. The normalized spacial score (nSPS) is 10.6. The van der Waals surface area contributed by atoms with Crippen molar-refractivity contribution in [2.24, 2.45) is 7.05 Å².